The fraction of sp³-hybridized carbons (Fsp3) is 0.286. The number of imidazole rings is 1. The van der Waals surface area contributed by atoms with Crippen molar-refractivity contribution < 1.29 is 14.3 Å². The van der Waals surface area contributed by atoms with Gasteiger partial charge in [0.25, 0.3) is 0 Å². The summed E-state index contributed by atoms with van der Waals surface area (Å²) in [6, 6.07) is 23.9. The minimum Gasteiger partial charge on any atom is -0.492 e. The normalized spacial score (nSPS) is 15.8. The average molecular weight is 456 g/mol. The van der Waals surface area contributed by atoms with Crippen LogP contribution in [0.1, 0.15) is 30.7 Å². The zero-order valence-corrected chi connectivity index (χ0v) is 19.6. The lowest BCUT2D eigenvalue weighted by Gasteiger charge is -2.20. The van der Waals surface area contributed by atoms with Crippen molar-refractivity contribution in [3.8, 4) is 11.5 Å². The molecule has 0 N–H and O–H groups in total. The summed E-state index contributed by atoms with van der Waals surface area (Å²) >= 11 is 0. The van der Waals surface area contributed by atoms with Gasteiger partial charge in [-0.25, -0.2) is 4.98 Å². The molecule has 0 spiro atoms. The summed E-state index contributed by atoms with van der Waals surface area (Å²) < 4.78 is 14.0. The highest BCUT2D eigenvalue weighted by atomic mass is 16.5. The number of aryl methyl sites for hydroxylation is 1. The Balaban J connectivity index is 1.41. The SMILES string of the molecule is CCOc1ccccc1N1CC(c2nc3ccccc3n2CCOc2cccc(C)c2)CC1=O. The van der Waals surface area contributed by atoms with E-state index < -0.39 is 0 Å². The van der Waals surface area contributed by atoms with Crippen LogP contribution in [0.4, 0.5) is 5.69 Å². The van der Waals surface area contributed by atoms with Gasteiger partial charge in [-0.3, -0.25) is 4.79 Å². The molecule has 1 fully saturated rings. The van der Waals surface area contributed by atoms with Gasteiger partial charge in [0, 0.05) is 18.9 Å². The molecule has 0 saturated carbocycles. The van der Waals surface area contributed by atoms with Crippen LogP contribution in [0.5, 0.6) is 11.5 Å². The topological polar surface area (TPSA) is 56.6 Å². The molecule has 2 heterocycles. The van der Waals surface area contributed by atoms with Crippen LogP contribution in [-0.2, 0) is 11.3 Å². The summed E-state index contributed by atoms with van der Waals surface area (Å²) in [5, 5.41) is 0. The van der Waals surface area contributed by atoms with Gasteiger partial charge < -0.3 is 18.9 Å². The summed E-state index contributed by atoms with van der Waals surface area (Å²) in [5.41, 5.74) is 3.99. The Kier molecular flexibility index (Phi) is 6.21. The number of carbonyl (C=O) groups excluding carboxylic acids is 1. The van der Waals surface area contributed by atoms with Crippen LogP contribution in [0.2, 0.25) is 0 Å². The number of anilines is 1. The van der Waals surface area contributed by atoms with Crippen LogP contribution in [-0.4, -0.2) is 35.2 Å². The van der Waals surface area contributed by atoms with Gasteiger partial charge >= 0.3 is 0 Å². The molecule has 0 bridgehead atoms. The van der Waals surface area contributed by atoms with Crippen molar-refractivity contribution in [2.75, 3.05) is 24.7 Å². The van der Waals surface area contributed by atoms with Gasteiger partial charge in [-0.2, -0.15) is 0 Å². The number of benzene rings is 3. The van der Waals surface area contributed by atoms with E-state index in [1.807, 2.05) is 72.5 Å². The number of rotatable bonds is 8. The zero-order chi connectivity index (χ0) is 23.5. The Morgan fingerprint density at radius 1 is 1.00 bits per heavy atom. The van der Waals surface area contributed by atoms with E-state index in [1.54, 1.807) is 0 Å². The molecule has 4 aromatic rings. The quantitative estimate of drug-likeness (QED) is 0.360. The van der Waals surface area contributed by atoms with E-state index in [4.69, 9.17) is 14.5 Å². The molecular weight excluding hydrogens is 426 g/mol. The molecule has 0 radical (unpaired) electrons. The first kappa shape index (κ1) is 22.0. The van der Waals surface area contributed by atoms with Gasteiger partial charge in [-0.15, -0.1) is 0 Å². The van der Waals surface area contributed by atoms with E-state index in [-0.39, 0.29) is 11.8 Å². The zero-order valence-electron chi connectivity index (χ0n) is 19.6. The van der Waals surface area contributed by atoms with Gasteiger partial charge in [-0.05, 0) is 55.8 Å². The van der Waals surface area contributed by atoms with Crippen molar-refractivity contribution in [3.63, 3.8) is 0 Å². The molecule has 174 valence electrons. The number of hydrogen-bond donors (Lipinski definition) is 0. The third-order valence-electron chi connectivity index (χ3n) is 6.20. The molecule has 0 aliphatic carbocycles. The summed E-state index contributed by atoms with van der Waals surface area (Å²) in [5.74, 6) is 2.61. The summed E-state index contributed by atoms with van der Waals surface area (Å²) in [4.78, 5) is 19.9. The maximum atomic E-state index is 13.1. The predicted molar refractivity (Wildman–Crippen MR) is 134 cm³/mol. The second-order valence-electron chi connectivity index (χ2n) is 8.58. The Labute approximate surface area is 199 Å². The third kappa shape index (κ3) is 4.36. The van der Waals surface area contributed by atoms with Crippen LogP contribution in [0.3, 0.4) is 0 Å². The second kappa shape index (κ2) is 9.59. The van der Waals surface area contributed by atoms with E-state index >= 15 is 0 Å². The fourth-order valence-electron chi connectivity index (χ4n) is 4.67. The van der Waals surface area contributed by atoms with E-state index in [0.717, 1.165) is 34.0 Å². The standard InChI is InChI=1S/C28H29N3O3/c1-3-33-26-14-7-6-13-25(26)31-19-21(18-27(31)32)28-29-23-11-4-5-12-24(23)30(28)15-16-34-22-10-8-9-20(2)17-22/h4-14,17,21H,3,15-16,18-19H2,1-2H3. The fourth-order valence-corrected chi connectivity index (χ4v) is 4.67. The molecule has 1 atom stereocenters. The number of ether oxygens (including phenoxy) is 2. The first-order chi connectivity index (χ1) is 16.6. The highest BCUT2D eigenvalue weighted by molar-refractivity contribution is 5.97. The van der Waals surface area contributed by atoms with E-state index in [0.29, 0.717) is 32.7 Å². The maximum absolute atomic E-state index is 13.1. The Hall–Kier alpha value is -3.80. The van der Waals surface area contributed by atoms with Gasteiger partial charge in [0.2, 0.25) is 5.91 Å². The Morgan fingerprint density at radius 3 is 2.68 bits per heavy atom. The number of hydrogen-bond acceptors (Lipinski definition) is 4. The van der Waals surface area contributed by atoms with Crippen molar-refractivity contribution in [1.29, 1.82) is 0 Å². The molecular formula is C28H29N3O3. The average Bonchev–Trinajstić information content (AvgIpc) is 3.40. The largest absolute Gasteiger partial charge is 0.492 e. The molecule has 1 saturated heterocycles. The highest BCUT2D eigenvalue weighted by Gasteiger charge is 2.36. The van der Waals surface area contributed by atoms with E-state index in [9.17, 15) is 4.79 Å². The number of fused-ring (bicyclic) bond motifs is 1. The number of aromatic nitrogens is 2. The number of amides is 1. The number of para-hydroxylation sites is 4. The lowest BCUT2D eigenvalue weighted by atomic mass is 10.1. The molecule has 1 aliphatic rings. The van der Waals surface area contributed by atoms with Crippen molar-refractivity contribution in [3.05, 3.63) is 84.2 Å². The maximum Gasteiger partial charge on any atom is 0.227 e. The molecule has 1 amide bonds. The Morgan fingerprint density at radius 2 is 1.82 bits per heavy atom. The number of carbonyl (C=O) groups is 1. The lowest BCUT2D eigenvalue weighted by Crippen LogP contribution is -2.25. The van der Waals surface area contributed by atoms with Crippen molar-refractivity contribution in [2.45, 2.75) is 32.7 Å². The summed E-state index contributed by atoms with van der Waals surface area (Å²) in [7, 11) is 0. The van der Waals surface area contributed by atoms with Gasteiger partial charge in [0.1, 0.15) is 23.9 Å². The molecule has 3 aromatic carbocycles. The molecule has 1 aliphatic heterocycles. The van der Waals surface area contributed by atoms with Crippen LogP contribution in [0, 0.1) is 6.92 Å². The minimum atomic E-state index is -0.00597. The number of nitrogens with zero attached hydrogens (tertiary/aromatic N) is 3. The van der Waals surface area contributed by atoms with Crippen molar-refractivity contribution in [1.82, 2.24) is 9.55 Å². The minimum absolute atomic E-state index is 0.00597. The molecule has 6 nitrogen and oxygen atoms in total. The Bertz CT molecular complexity index is 1310. The first-order valence-electron chi connectivity index (χ1n) is 11.8. The van der Waals surface area contributed by atoms with E-state index in [1.165, 1.54) is 5.56 Å². The van der Waals surface area contributed by atoms with E-state index in [2.05, 4.69) is 23.6 Å². The van der Waals surface area contributed by atoms with Crippen LogP contribution in [0.15, 0.2) is 72.8 Å². The van der Waals surface area contributed by atoms with Crippen LogP contribution in [0.25, 0.3) is 11.0 Å². The smallest absolute Gasteiger partial charge is 0.227 e. The molecule has 34 heavy (non-hydrogen) atoms. The highest BCUT2D eigenvalue weighted by Crippen LogP contribution is 2.37. The monoisotopic (exact) mass is 455 g/mol. The molecule has 1 aromatic heterocycles. The predicted octanol–water partition coefficient (Wildman–Crippen LogP) is 5.34. The molecule has 1 unspecified atom stereocenters. The summed E-state index contributed by atoms with van der Waals surface area (Å²) in [6.07, 6.45) is 0.419. The van der Waals surface area contributed by atoms with Gasteiger partial charge in [0.15, 0.2) is 0 Å². The third-order valence-corrected chi connectivity index (χ3v) is 6.20. The molecule has 5 rings (SSSR count). The second-order valence-corrected chi connectivity index (χ2v) is 8.58. The van der Waals surface area contributed by atoms with Crippen LogP contribution < -0.4 is 14.4 Å². The van der Waals surface area contributed by atoms with Gasteiger partial charge in [-0.1, -0.05) is 36.4 Å². The first-order valence-corrected chi connectivity index (χ1v) is 11.8. The van der Waals surface area contributed by atoms with Crippen molar-refractivity contribution >= 4 is 22.6 Å². The van der Waals surface area contributed by atoms with Crippen LogP contribution >= 0.6 is 0 Å². The van der Waals surface area contributed by atoms with Crippen molar-refractivity contribution in [2.24, 2.45) is 0 Å². The van der Waals surface area contributed by atoms with Gasteiger partial charge in [0.05, 0.1) is 29.9 Å². The molecule has 6 heteroatoms. The summed E-state index contributed by atoms with van der Waals surface area (Å²) in [6.45, 7) is 6.32. The lowest BCUT2D eigenvalue weighted by molar-refractivity contribution is -0.117.